The molecule has 2 N–H and O–H groups in total. The first kappa shape index (κ1) is 22.5. The van der Waals surface area contributed by atoms with E-state index in [1.807, 2.05) is 30.3 Å². The van der Waals surface area contributed by atoms with E-state index >= 15 is 0 Å². The Morgan fingerprint density at radius 1 is 0.973 bits per heavy atom. The lowest BCUT2D eigenvalue weighted by atomic mass is 9.89. The van der Waals surface area contributed by atoms with E-state index in [4.69, 9.17) is 9.47 Å². The second kappa shape index (κ2) is 8.63. The topological polar surface area (TPSA) is 110 Å². The summed E-state index contributed by atoms with van der Waals surface area (Å²) in [5, 5.41) is 5.95. The Balaban J connectivity index is 1.29. The fraction of sp³-hybridized carbons (Fsp3) is 0.143. The monoisotopic (exact) mass is 494 g/mol. The molecule has 0 spiro atoms. The number of aromatic nitrogens is 1. The third-order valence-corrected chi connectivity index (χ3v) is 6.75. The summed E-state index contributed by atoms with van der Waals surface area (Å²) in [5.41, 5.74) is 1.26. The molecule has 0 saturated carbocycles. The third kappa shape index (κ3) is 3.81. The average Bonchev–Trinajstić information content (AvgIpc) is 3.38. The molecule has 9 nitrogen and oxygen atoms in total. The van der Waals surface area contributed by atoms with Crippen molar-refractivity contribution in [2.24, 2.45) is 0 Å². The number of pyridine rings is 1. The fourth-order valence-corrected chi connectivity index (χ4v) is 4.87. The molecule has 2 aliphatic rings. The summed E-state index contributed by atoms with van der Waals surface area (Å²) in [7, 11) is 1.54. The highest BCUT2D eigenvalue weighted by molar-refractivity contribution is 6.08. The molecule has 3 heterocycles. The van der Waals surface area contributed by atoms with Crippen LogP contribution in [-0.4, -0.2) is 41.4 Å². The van der Waals surface area contributed by atoms with Gasteiger partial charge < -0.3 is 19.7 Å². The van der Waals surface area contributed by atoms with E-state index in [1.165, 1.54) is 7.11 Å². The highest BCUT2D eigenvalue weighted by Crippen LogP contribution is 2.34. The number of nitrogens with zero attached hydrogens (tertiary/aromatic N) is 2. The largest absolute Gasteiger partial charge is 0.497 e. The van der Waals surface area contributed by atoms with Gasteiger partial charge in [-0.2, -0.15) is 0 Å². The number of para-hydroxylation sites is 1. The van der Waals surface area contributed by atoms with Crippen molar-refractivity contribution in [3.8, 4) is 17.2 Å². The van der Waals surface area contributed by atoms with Crippen LogP contribution in [0.25, 0.3) is 10.9 Å². The second-order valence-corrected chi connectivity index (χ2v) is 8.95. The molecule has 6 rings (SSSR count). The second-order valence-electron chi connectivity index (χ2n) is 8.95. The van der Waals surface area contributed by atoms with E-state index in [1.54, 1.807) is 53.6 Å². The van der Waals surface area contributed by atoms with Gasteiger partial charge in [0.05, 0.1) is 19.2 Å². The van der Waals surface area contributed by atoms with E-state index in [-0.39, 0.29) is 12.5 Å². The number of fused-ring (bicyclic) bond motifs is 2. The van der Waals surface area contributed by atoms with Crippen molar-refractivity contribution < 1.29 is 23.9 Å². The summed E-state index contributed by atoms with van der Waals surface area (Å²) in [6, 6.07) is 21.1. The average molecular weight is 495 g/mol. The number of imide groups is 1. The molecule has 37 heavy (non-hydrogen) atoms. The zero-order valence-electron chi connectivity index (χ0n) is 19.9. The molecule has 4 amide bonds. The Bertz CT molecular complexity index is 1560. The van der Waals surface area contributed by atoms with Gasteiger partial charge in [-0.15, -0.1) is 0 Å². The molecule has 1 aromatic heterocycles. The van der Waals surface area contributed by atoms with E-state index in [0.29, 0.717) is 34.9 Å². The number of methoxy groups -OCH3 is 1. The van der Waals surface area contributed by atoms with Gasteiger partial charge in [0.25, 0.3) is 11.8 Å². The number of hydrogen-bond acceptors (Lipinski definition) is 6. The Hall–Kier alpha value is -4.92. The van der Waals surface area contributed by atoms with Gasteiger partial charge in [0, 0.05) is 23.7 Å². The molecule has 1 saturated heterocycles. The van der Waals surface area contributed by atoms with E-state index < -0.39 is 17.5 Å². The highest BCUT2D eigenvalue weighted by Gasteiger charge is 2.50. The number of benzene rings is 3. The molecule has 0 bridgehead atoms. The molecule has 0 unspecified atom stereocenters. The van der Waals surface area contributed by atoms with Crippen molar-refractivity contribution in [1.82, 2.24) is 20.5 Å². The third-order valence-electron chi connectivity index (χ3n) is 6.75. The Kier molecular flexibility index (Phi) is 5.26. The minimum Gasteiger partial charge on any atom is -0.497 e. The molecule has 9 heteroatoms. The molecule has 3 aromatic carbocycles. The lowest BCUT2D eigenvalue weighted by molar-refractivity contribution is -0.124. The quantitative estimate of drug-likeness (QED) is 0.396. The number of urea groups is 1. The van der Waals surface area contributed by atoms with Crippen LogP contribution in [0.1, 0.15) is 21.5 Å². The summed E-state index contributed by atoms with van der Waals surface area (Å²) in [5.74, 6) is 1.03. The van der Waals surface area contributed by atoms with Gasteiger partial charge in [-0.1, -0.05) is 30.3 Å². The molecular weight excluding hydrogens is 472 g/mol. The van der Waals surface area contributed by atoms with Gasteiger partial charge in [-0.3, -0.25) is 19.9 Å². The van der Waals surface area contributed by atoms with E-state index in [9.17, 15) is 14.4 Å². The van der Waals surface area contributed by atoms with Crippen LogP contribution in [0.5, 0.6) is 17.2 Å². The predicted molar refractivity (Wildman–Crippen MR) is 134 cm³/mol. The zero-order chi connectivity index (χ0) is 25.6. The minimum absolute atomic E-state index is 0.0321. The summed E-state index contributed by atoms with van der Waals surface area (Å²) < 4.78 is 11.3. The molecule has 1 fully saturated rings. The lowest BCUT2D eigenvalue weighted by Gasteiger charge is -2.31. The number of ether oxygens (including phenoxy) is 2. The highest BCUT2D eigenvalue weighted by atomic mass is 16.5. The van der Waals surface area contributed by atoms with Gasteiger partial charge in [0.15, 0.2) is 5.54 Å². The van der Waals surface area contributed by atoms with E-state index in [0.717, 1.165) is 16.5 Å². The van der Waals surface area contributed by atoms with Crippen LogP contribution < -0.4 is 20.1 Å². The zero-order valence-corrected chi connectivity index (χ0v) is 19.9. The summed E-state index contributed by atoms with van der Waals surface area (Å²) in [4.78, 5) is 44.4. The minimum atomic E-state index is -1.44. The molecule has 4 aromatic rings. The maximum absolute atomic E-state index is 13.2. The first-order chi connectivity index (χ1) is 18.0. The number of hydrogen-bond donors (Lipinski definition) is 2. The van der Waals surface area contributed by atoms with Crippen molar-refractivity contribution in [1.29, 1.82) is 0 Å². The van der Waals surface area contributed by atoms with Crippen molar-refractivity contribution in [3.05, 3.63) is 95.7 Å². The normalized spacial score (nSPS) is 18.5. The molecule has 1 atom stereocenters. The van der Waals surface area contributed by atoms with Crippen LogP contribution in [0.15, 0.2) is 79.0 Å². The van der Waals surface area contributed by atoms with Gasteiger partial charge in [0.2, 0.25) is 0 Å². The summed E-state index contributed by atoms with van der Waals surface area (Å²) in [6.45, 7) is 0.287. The lowest BCUT2D eigenvalue weighted by Crippen LogP contribution is -2.52. The SMILES string of the molecule is COc1ccc2c(c1)C(=O)N(C[C@@]1(c3ccc(Oc4ccnc5ccccc45)cc3)NC(=O)NC1=O)C2. The molecule has 184 valence electrons. The van der Waals surface area contributed by atoms with Crippen LogP contribution in [0.3, 0.4) is 0 Å². The number of carbonyl (C=O) groups is 3. The first-order valence-corrected chi connectivity index (χ1v) is 11.7. The molecular formula is C28H22N4O5. The van der Waals surface area contributed by atoms with Crippen LogP contribution in [0.4, 0.5) is 4.79 Å². The number of amides is 4. The Morgan fingerprint density at radius 2 is 1.76 bits per heavy atom. The first-order valence-electron chi connectivity index (χ1n) is 11.7. The number of rotatable bonds is 6. The van der Waals surface area contributed by atoms with Crippen molar-refractivity contribution in [2.45, 2.75) is 12.1 Å². The molecule has 0 radical (unpaired) electrons. The predicted octanol–water partition coefficient (Wildman–Crippen LogP) is 3.73. The van der Waals surface area contributed by atoms with Crippen LogP contribution >= 0.6 is 0 Å². The smallest absolute Gasteiger partial charge is 0.322 e. The standard InChI is InChI=1S/C28H22N4O5/c1-36-20-9-6-17-15-32(25(33)22(17)14-20)16-28(26(34)30-27(35)31-28)18-7-10-19(11-8-18)37-24-12-13-29-23-5-3-2-4-21(23)24/h2-14H,15-16H2,1H3,(H2,30,31,34,35)/t28-/m0/s1. The van der Waals surface area contributed by atoms with Gasteiger partial charge in [-0.25, -0.2) is 4.79 Å². The Labute approximate surface area is 212 Å². The van der Waals surface area contributed by atoms with Gasteiger partial charge in [0.1, 0.15) is 17.2 Å². The number of carbonyl (C=O) groups excluding carboxylic acids is 3. The summed E-state index contributed by atoms with van der Waals surface area (Å²) >= 11 is 0. The molecule has 0 aliphatic carbocycles. The van der Waals surface area contributed by atoms with Crippen LogP contribution in [-0.2, 0) is 16.9 Å². The maximum atomic E-state index is 13.2. The van der Waals surface area contributed by atoms with Crippen LogP contribution in [0, 0.1) is 0 Å². The van der Waals surface area contributed by atoms with Gasteiger partial charge in [-0.05, 0) is 53.6 Å². The Morgan fingerprint density at radius 3 is 2.51 bits per heavy atom. The van der Waals surface area contributed by atoms with Crippen LogP contribution in [0.2, 0.25) is 0 Å². The van der Waals surface area contributed by atoms with Gasteiger partial charge >= 0.3 is 6.03 Å². The number of nitrogens with one attached hydrogen (secondary N) is 2. The fourth-order valence-electron chi connectivity index (χ4n) is 4.87. The summed E-state index contributed by atoms with van der Waals surface area (Å²) in [6.07, 6.45) is 1.68. The van der Waals surface area contributed by atoms with Crippen molar-refractivity contribution >= 4 is 28.7 Å². The maximum Gasteiger partial charge on any atom is 0.322 e. The van der Waals surface area contributed by atoms with E-state index in [2.05, 4.69) is 15.6 Å². The van der Waals surface area contributed by atoms with Crippen molar-refractivity contribution in [3.63, 3.8) is 0 Å². The molecule has 2 aliphatic heterocycles. The van der Waals surface area contributed by atoms with Crippen molar-refractivity contribution in [2.75, 3.05) is 13.7 Å².